The summed E-state index contributed by atoms with van der Waals surface area (Å²) in [4.78, 5) is 10.9. The van der Waals surface area contributed by atoms with E-state index >= 15 is 0 Å². The van der Waals surface area contributed by atoms with Crippen LogP contribution in [-0.4, -0.2) is 16.6 Å². The summed E-state index contributed by atoms with van der Waals surface area (Å²) in [5, 5.41) is 12.1. The molecule has 0 spiro atoms. The van der Waals surface area contributed by atoms with Crippen molar-refractivity contribution in [1.82, 2.24) is 5.32 Å². The molecule has 2 N–H and O–H groups in total. The lowest BCUT2D eigenvalue weighted by Crippen LogP contribution is -2.37. The van der Waals surface area contributed by atoms with Crippen LogP contribution in [0.1, 0.15) is 29.8 Å². The van der Waals surface area contributed by atoms with Gasteiger partial charge in [0.1, 0.15) is 0 Å². The fourth-order valence-electron chi connectivity index (χ4n) is 1.25. The van der Waals surface area contributed by atoms with Crippen molar-refractivity contribution < 1.29 is 9.90 Å². The van der Waals surface area contributed by atoms with Crippen LogP contribution in [0, 0.1) is 12.3 Å². The van der Waals surface area contributed by atoms with Crippen LogP contribution >= 0.6 is 0 Å². The van der Waals surface area contributed by atoms with Crippen LogP contribution in [0.4, 0.5) is 0 Å². The molecule has 0 saturated heterocycles. The van der Waals surface area contributed by atoms with Gasteiger partial charge in [-0.1, -0.05) is 24.1 Å². The molecule has 0 fully saturated rings. The van der Waals surface area contributed by atoms with Crippen LogP contribution in [0.2, 0.25) is 0 Å². The first-order valence-corrected chi connectivity index (χ1v) is 5.00. The van der Waals surface area contributed by atoms with Crippen LogP contribution in [-0.2, 0) is 6.54 Å². The van der Waals surface area contributed by atoms with E-state index in [9.17, 15) is 4.79 Å². The third-order valence-corrected chi connectivity index (χ3v) is 2.33. The van der Waals surface area contributed by atoms with Gasteiger partial charge in [-0.05, 0) is 25.5 Å². The standard InChI is InChI=1S/C13H15NO2/c1-4-13(2,3)14-9-10-7-5-6-8-11(10)12(15)16/h1,5-8,14H,9H2,2-3H3,(H,15,16). The van der Waals surface area contributed by atoms with Gasteiger partial charge in [0.2, 0.25) is 0 Å². The lowest BCUT2D eigenvalue weighted by atomic mass is 10.0. The number of carbonyl (C=O) groups is 1. The highest BCUT2D eigenvalue weighted by atomic mass is 16.4. The Kier molecular flexibility index (Phi) is 3.70. The minimum atomic E-state index is -0.920. The molecule has 1 aromatic rings. The minimum absolute atomic E-state index is 0.308. The number of aromatic carboxylic acids is 1. The Bertz CT molecular complexity index is 430. The number of hydrogen-bond acceptors (Lipinski definition) is 2. The number of carboxylic acid groups (broad SMARTS) is 1. The van der Waals surface area contributed by atoms with Gasteiger partial charge in [0.05, 0.1) is 11.1 Å². The molecule has 16 heavy (non-hydrogen) atoms. The van der Waals surface area contributed by atoms with Crippen molar-refractivity contribution in [3.05, 3.63) is 35.4 Å². The zero-order valence-corrected chi connectivity index (χ0v) is 9.45. The van der Waals surface area contributed by atoms with E-state index in [2.05, 4.69) is 11.2 Å². The van der Waals surface area contributed by atoms with E-state index in [0.717, 1.165) is 5.56 Å². The van der Waals surface area contributed by atoms with Crippen LogP contribution in [0.5, 0.6) is 0 Å². The largest absolute Gasteiger partial charge is 0.478 e. The molecular formula is C13H15NO2. The Morgan fingerprint density at radius 3 is 2.69 bits per heavy atom. The number of carboxylic acids is 1. The van der Waals surface area contributed by atoms with Gasteiger partial charge in [-0.2, -0.15) is 0 Å². The normalized spacial score (nSPS) is 10.8. The Morgan fingerprint density at radius 1 is 1.50 bits per heavy atom. The lowest BCUT2D eigenvalue weighted by Gasteiger charge is -2.20. The summed E-state index contributed by atoms with van der Waals surface area (Å²) in [6.45, 7) is 4.19. The molecule has 0 aromatic heterocycles. The third kappa shape index (κ3) is 3.11. The number of terminal acetylenes is 1. The van der Waals surface area contributed by atoms with E-state index in [-0.39, 0.29) is 0 Å². The summed E-state index contributed by atoms with van der Waals surface area (Å²) in [6.07, 6.45) is 5.34. The Morgan fingerprint density at radius 2 is 2.12 bits per heavy atom. The zero-order valence-electron chi connectivity index (χ0n) is 9.45. The first kappa shape index (κ1) is 12.3. The highest BCUT2D eigenvalue weighted by Crippen LogP contribution is 2.10. The number of nitrogens with one attached hydrogen (secondary N) is 1. The van der Waals surface area contributed by atoms with Gasteiger partial charge in [0.15, 0.2) is 0 Å². The zero-order chi connectivity index (χ0) is 12.2. The fraction of sp³-hybridized carbons (Fsp3) is 0.308. The average Bonchev–Trinajstić information content (AvgIpc) is 2.27. The molecule has 84 valence electrons. The molecule has 0 aliphatic carbocycles. The second-order valence-corrected chi connectivity index (χ2v) is 4.09. The maximum atomic E-state index is 10.9. The molecule has 0 aliphatic rings. The van der Waals surface area contributed by atoms with E-state index in [4.69, 9.17) is 11.5 Å². The van der Waals surface area contributed by atoms with Crippen LogP contribution in [0.25, 0.3) is 0 Å². The predicted molar refractivity (Wildman–Crippen MR) is 63.2 cm³/mol. The van der Waals surface area contributed by atoms with Crippen LogP contribution < -0.4 is 5.32 Å². The first-order chi connectivity index (χ1) is 7.46. The predicted octanol–water partition coefficient (Wildman–Crippen LogP) is 1.89. The Hall–Kier alpha value is -1.79. The van der Waals surface area contributed by atoms with E-state index < -0.39 is 11.5 Å². The SMILES string of the molecule is C#CC(C)(C)NCc1ccccc1C(=O)O. The minimum Gasteiger partial charge on any atom is -0.478 e. The number of hydrogen-bond donors (Lipinski definition) is 2. The number of rotatable bonds is 4. The van der Waals surface area contributed by atoms with Crippen molar-refractivity contribution in [3.8, 4) is 12.3 Å². The summed E-state index contributed by atoms with van der Waals surface area (Å²) < 4.78 is 0. The molecule has 0 bridgehead atoms. The second kappa shape index (κ2) is 4.82. The van der Waals surface area contributed by atoms with Crippen LogP contribution in [0.3, 0.4) is 0 Å². The van der Waals surface area contributed by atoms with Crippen molar-refractivity contribution in [2.45, 2.75) is 25.9 Å². The van der Waals surface area contributed by atoms with Crippen LogP contribution in [0.15, 0.2) is 24.3 Å². The topological polar surface area (TPSA) is 49.3 Å². The molecule has 0 aliphatic heterocycles. The summed E-state index contributed by atoms with van der Waals surface area (Å²) in [7, 11) is 0. The maximum absolute atomic E-state index is 10.9. The summed E-state index contributed by atoms with van der Waals surface area (Å²) >= 11 is 0. The summed E-state index contributed by atoms with van der Waals surface area (Å²) in [5.74, 6) is 1.68. The molecule has 1 rings (SSSR count). The average molecular weight is 217 g/mol. The van der Waals surface area contributed by atoms with Crippen molar-refractivity contribution in [1.29, 1.82) is 0 Å². The van der Waals surface area contributed by atoms with Crippen molar-refractivity contribution in [2.24, 2.45) is 0 Å². The molecule has 0 radical (unpaired) electrons. The Balaban J connectivity index is 2.83. The smallest absolute Gasteiger partial charge is 0.336 e. The molecule has 0 heterocycles. The van der Waals surface area contributed by atoms with E-state index in [1.165, 1.54) is 0 Å². The van der Waals surface area contributed by atoms with Gasteiger partial charge in [-0.15, -0.1) is 6.42 Å². The molecule has 3 nitrogen and oxygen atoms in total. The lowest BCUT2D eigenvalue weighted by molar-refractivity contribution is 0.0695. The van der Waals surface area contributed by atoms with Gasteiger partial charge in [-0.3, -0.25) is 5.32 Å². The molecule has 0 unspecified atom stereocenters. The molecule has 3 heteroatoms. The Labute approximate surface area is 95.5 Å². The summed E-state index contributed by atoms with van der Waals surface area (Å²) in [5.41, 5.74) is 0.604. The van der Waals surface area contributed by atoms with E-state index in [1.54, 1.807) is 18.2 Å². The van der Waals surface area contributed by atoms with Crippen molar-refractivity contribution in [3.63, 3.8) is 0 Å². The van der Waals surface area contributed by atoms with Gasteiger partial charge in [0.25, 0.3) is 0 Å². The molecule has 0 atom stereocenters. The monoisotopic (exact) mass is 217 g/mol. The second-order valence-electron chi connectivity index (χ2n) is 4.09. The number of benzene rings is 1. The molecule has 0 saturated carbocycles. The van der Waals surface area contributed by atoms with Gasteiger partial charge >= 0.3 is 5.97 Å². The summed E-state index contributed by atoms with van der Waals surface area (Å²) in [6, 6.07) is 6.89. The highest BCUT2D eigenvalue weighted by molar-refractivity contribution is 5.89. The first-order valence-electron chi connectivity index (χ1n) is 5.00. The van der Waals surface area contributed by atoms with Gasteiger partial charge in [-0.25, -0.2) is 4.79 Å². The molecule has 1 aromatic carbocycles. The van der Waals surface area contributed by atoms with Gasteiger partial charge < -0.3 is 5.11 Å². The van der Waals surface area contributed by atoms with E-state index in [1.807, 2.05) is 19.9 Å². The van der Waals surface area contributed by atoms with Gasteiger partial charge in [0, 0.05) is 6.54 Å². The fourth-order valence-corrected chi connectivity index (χ4v) is 1.25. The van der Waals surface area contributed by atoms with E-state index in [0.29, 0.717) is 12.1 Å². The third-order valence-electron chi connectivity index (χ3n) is 2.33. The quantitative estimate of drug-likeness (QED) is 0.757. The van der Waals surface area contributed by atoms with Crippen molar-refractivity contribution in [2.75, 3.05) is 0 Å². The highest BCUT2D eigenvalue weighted by Gasteiger charge is 2.14. The molecular weight excluding hydrogens is 202 g/mol. The molecule has 0 amide bonds. The maximum Gasteiger partial charge on any atom is 0.336 e. The van der Waals surface area contributed by atoms with Crippen molar-refractivity contribution >= 4 is 5.97 Å².